The molecule has 4 heteroatoms. The molecule has 0 N–H and O–H groups in total. The van der Waals surface area contributed by atoms with Gasteiger partial charge in [0, 0.05) is 11.1 Å². The molecule has 0 amide bonds. The third kappa shape index (κ3) is 3.73. The van der Waals surface area contributed by atoms with Crippen LogP contribution in [-0.4, -0.2) is 0 Å². The Morgan fingerprint density at radius 1 is 0.396 bits per heavy atom. The first-order valence-corrected chi connectivity index (χ1v) is 15.4. The van der Waals surface area contributed by atoms with Crippen LogP contribution < -0.4 is 0 Å². The highest BCUT2D eigenvalue weighted by Crippen LogP contribution is 2.52. The van der Waals surface area contributed by atoms with Crippen molar-refractivity contribution in [2.75, 3.05) is 0 Å². The molecule has 0 unspecified atom stereocenters. The van der Waals surface area contributed by atoms with Crippen molar-refractivity contribution in [2.24, 2.45) is 0 Å². The lowest BCUT2D eigenvalue weighted by molar-refractivity contribution is 1.49. The molecule has 4 nitrogen and oxygen atoms in total. The van der Waals surface area contributed by atoms with E-state index in [-0.39, 0.29) is 0 Å². The summed E-state index contributed by atoms with van der Waals surface area (Å²) in [5.41, 5.74) is 9.87. The van der Waals surface area contributed by atoms with Crippen LogP contribution in [0.15, 0.2) is 121 Å². The zero-order chi connectivity index (χ0) is 32.5. The smallest absolute Gasteiger partial charge is 0.196 e. The van der Waals surface area contributed by atoms with Crippen LogP contribution in [0.3, 0.4) is 0 Å². The fourth-order valence-electron chi connectivity index (χ4n) is 7.57. The second-order valence-corrected chi connectivity index (χ2v) is 12.1. The molecule has 0 saturated heterocycles. The summed E-state index contributed by atoms with van der Waals surface area (Å²) < 4.78 is 0. The van der Waals surface area contributed by atoms with E-state index in [4.69, 9.17) is 13.1 Å². The second kappa shape index (κ2) is 10.1. The first-order chi connectivity index (χ1) is 23.6. The number of nitriles is 2. The molecule has 216 valence electrons. The van der Waals surface area contributed by atoms with Crippen LogP contribution in [0.4, 0.5) is 11.4 Å². The number of hydrogen-bond donors (Lipinski definition) is 0. The molecule has 0 saturated carbocycles. The highest BCUT2D eigenvalue weighted by Gasteiger charge is 2.25. The van der Waals surface area contributed by atoms with Gasteiger partial charge in [-0.2, -0.15) is 10.5 Å². The van der Waals surface area contributed by atoms with Gasteiger partial charge in [0.2, 0.25) is 0 Å². The van der Waals surface area contributed by atoms with Crippen LogP contribution in [0, 0.1) is 35.8 Å². The summed E-state index contributed by atoms with van der Waals surface area (Å²) in [7, 11) is 0. The molecule has 0 bridgehead atoms. The van der Waals surface area contributed by atoms with Gasteiger partial charge in [-0.3, -0.25) is 0 Å². The van der Waals surface area contributed by atoms with Crippen molar-refractivity contribution in [3.63, 3.8) is 0 Å². The highest BCUT2D eigenvalue weighted by molar-refractivity contribution is 6.27. The molecule has 0 spiro atoms. The topological polar surface area (TPSA) is 56.3 Å². The molecule has 0 aliphatic heterocycles. The molecule has 8 aromatic carbocycles. The van der Waals surface area contributed by atoms with E-state index in [0.717, 1.165) is 65.7 Å². The van der Waals surface area contributed by atoms with Crippen molar-refractivity contribution in [3.8, 4) is 56.6 Å². The molecule has 1 aliphatic carbocycles. The van der Waals surface area contributed by atoms with Crippen LogP contribution in [0.5, 0.6) is 0 Å². The minimum atomic E-state index is 0.431. The van der Waals surface area contributed by atoms with Gasteiger partial charge in [0.15, 0.2) is 11.4 Å². The summed E-state index contributed by atoms with van der Waals surface area (Å²) in [6, 6.07) is 45.0. The number of hydrogen-bond acceptors (Lipinski definition) is 2. The van der Waals surface area contributed by atoms with Gasteiger partial charge in [-0.25, -0.2) is 9.69 Å². The predicted octanol–water partition coefficient (Wildman–Crippen LogP) is 12.1. The Hall–Kier alpha value is -7.24. The number of fused-ring (bicyclic) bond motifs is 8. The maximum atomic E-state index is 9.61. The van der Waals surface area contributed by atoms with Gasteiger partial charge >= 0.3 is 0 Å². The minimum Gasteiger partial charge on any atom is -0.237 e. The molecular formula is C44H20N4. The second-order valence-electron chi connectivity index (χ2n) is 12.1. The summed E-state index contributed by atoms with van der Waals surface area (Å²) in [5, 5.41) is 27.7. The third-order valence-electron chi connectivity index (χ3n) is 9.67. The molecule has 0 aromatic heterocycles. The van der Waals surface area contributed by atoms with Gasteiger partial charge in [-0.1, -0.05) is 72.8 Å². The van der Waals surface area contributed by atoms with E-state index >= 15 is 0 Å². The largest absolute Gasteiger partial charge is 0.237 e. The molecule has 0 radical (unpaired) electrons. The molecule has 8 aromatic rings. The van der Waals surface area contributed by atoms with Crippen molar-refractivity contribution in [1.29, 1.82) is 10.5 Å². The van der Waals surface area contributed by atoms with Gasteiger partial charge in [0.05, 0.1) is 25.3 Å². The highest BCUT2D eigenvalue weighted by atomic mass is 14.7. The predicted molar refractivity (Wildman–Crippen MR) is 194 cm³/mol. The molecule has 9 rings (SSSR count). The molecule has 0 heterocycles. The molecule has 1 aliphatic rings. The first-order valence-electron chi connectivity index (χ1n) is 15.4. The summed E-state index contributed by atoms with van der Waals surface area (Å²) >= 11 is 0. The summed E-state index contributed by atoms with van der Waals surface area (Å²) in [4.78, 5) is 7.71. The van der Waals surface area contributed by atoms with Gasteiger partial charge < -0.3 is 0 Å². The zero-order valence-corrected chi connectivity index (χ0v) is 25.3. The van der Waals surface area contributed by atoms with Gasteiger partial charge in [0.25, 0.3) is 0 Å². The van der Waals surface area contributed by atoms with Crippen molar-refractivity contribution < 1.29 is 0 Å². The Kier molecular flexibility index (Phi) is 5.72. The Bertz CT molecular complexity index is 2930. The molecular weight excluding hydrogens is 585 g/mol. The van der Waals surface area contributed by atoms with Crippen LogP contribution in [0.2, 0.25) is 0 Å². The van der Waals surface area contributed by atoms with Gasteiger partial charge in [-0.15, -0.1) is 0 Å². The standard InChI is InChI=1S/C44H20N4/c1-47-42-17-25(23-45)13-15-30(42)34-19-39-35(29-10-4-3-9-28(29)34)20-36(31-16-14-26(24-46)18-43(31)48-2)40-21-37-32-11-5-7-27-8-6-12-33(44(27)32)38(37)22-41(39)40/h3-22H. The maximum absolute atomic E-state index is 9.61. The Labute approximate surface area is 276 Å². The van der Waals surface area contributed by atoms with Crippen LogP contribution in [0.1, 0.15) is 11.1 Å². The van der Waals surface area contributed by atoms with Crippen molar-refractivity contribution >= 4 is 54.5 Å². The lowest BCUT2D eigenvalue weighted by Crippen LogP contribution is -1.91. The van der Waals surface area contributed by atoms with E-state index in [9.17, 15) is 10.5 Å². The van der Waals surface area contributed by atoms with E-state index < -0.39 is 0 Å². The maximum Gasteiger partial charge on any atom is 0.196 e. The number of nitrogens with zero attached hydrogens (tertiary/aromatic N) is 4. The lowest BCUT2D eigenvalue weighted by Gasteiger charge is -2.18. The van der Waals surface area contributed by atoms with E-state index in [0.29, 0.717) is 22.5 Å². The van der Waals surface area contributed by atoms with E-state index in [1.54, 1.807) is 24.3 Å². The Balaban J connectivity index is 1.48. The van der Waals surface area contributed by atoms with E-state index in [2.05, 4.69) is 94.6 Å². The summed E-state index contributed by atoms with van der Waals surface area (Å²) in [6.07, 6.45) is 0. The van der Waals surface area contributed by atoms with Crippen molar-refractivity contribution in [1.82, 2.24) is 0 Å². The lowest BCUT2D eigenvalue weighted by atomic mass is 9.85. The van der Waals surface area contributed by atoms with Crippen LogP contribution in [-0.2, 0) is 0 Å². The zero-order valence-electron chi connectivity index (χ0n) is 25.3. The quantitative estimate of drug-likeness (QED) is 0.146. The average molecular weight is 605 g/mol. The van der Waals surface area contributed by atoms with E-state index in [1.807, 2.05) is 24.3 Å². The van der Waals surface area contributed by atoms with Crippen LogP contribution >= 0.6 is 0 Å². The first kappa shape index (κ1) is 27.1. The minimum absolute atomic E-state index is 0.431. The Morgan fingerprint density at radius 3 is 1.44 bits per heavy atom. The molecule has 0 atom stereocenters. The third-order valence-corrected chi connectivity index (χ3v) is 9.67. The van der Waals surface area contributed by atoms with Crippen molar-refractivity contribution in [3.05, 3.63) is 155 Å². The number of rotatable bonds is 2. The molecule has 0 fully saturated rings. The fourth-order valence-corrected chi connectivity index (χ4v) is 7.57. The average Bonchev–Trinajstić information content (AvgIpc) is 3.46. The van der Waals surface area contributed by atoms with Gasteiger partial charge in [0.1, 0.15) is 0 Å². The summed E-state index contributed by atoms with van der Waals surface area (Å²) in [5.74, 6) is 0. The Morgan fingerprint density at radius 2 is 0.875 bits per heavy atom. The number of benzene rings is 8. The van der Waals surface area contributed by atoms with Crippen LogP contribution in [0.25, 0.3) is 97.3 Å². The normalized spacial score (nSPS) is 11.2. The fraction of sp³-hybridized carbons (Fsp3) is 0. The SMILES string of the molecule is [C-]#[N+]c1cc(C#N)ccc1-c1cc2c3cc4c(cc3c(-c3ccc(C#N)cc3[N+]#[C-])cc2c2ccccc12)-c1cccc2cccc-4c12. The molecule has 48 heavy (non-hydrogen) atoms. The van der Waals surface area contributed by atoms with E-state index in [1.165, 1.54) is 21.9 Å². The van der Waals surface area contributed by atoms with Gasteiger partial charge in [-0.05, 0) is 136 Å². The summed E-state index contributed by atoms with van der Waals surface area (Å²) in [6.45, 7) is 16.0. The monoisotopic (exact) mass is 604 g/mol. The van der Waals surface area contributed by atoms with Crippen molar-refractivity contribution in [2.45, 2.75) is 0 Å².